The second kappa shape index (κ2) is 31.1. The average molecular weight is 287 g/mol. The average Bonchev–Trinajstić information content (AvgIpc) is 0. The third-order valence-electron chi connectivity index (χ3n) is 0. The van der Waals surface area contributed by atoms with E-state index in [1.165, 1.54) is 0 Å². The van der Waals surface area contributed by atoms with Crippen LogP contribution in [0.2, 0.25) is 0 Å². The van der Waals surface area contributed by atoms with E-state index in [1.54, 1.807) is 0 Å². The predicted octanol–water partition coefficient (Wildman–Crippen LogP) is -1.46. The normalized spacial score (nSPS) is 0. The van der Waals surface area contributed by atoms with Gasteiger partial charge in [0.25, 0.3) is 0 Å². The van der Waals surface area contributed by atoms with Gasteiger partial charge in [0.05, 0.1) is 0 Å². The number of rotatable bonds is 0. The minimum Gasteiger partial charge on any atom is -0.0149 e. The molecule has 0 bridgehead atoms. The molecule has 0 aliphatic heterocycles. The van der Waals surface area contributed by atoms with Crippen LogP contribution in [0.25, 0.3) is 0 Å². The Bertz CT molecular complexity index is 11.6. The van der Waals surface area contributed by atoms with Crippen LogP contribution >= 0.6 is 0 Å². The molecule has 33 valence electrons. The SMILES string of the molecule is [Cr].[Fe].[Mo].[SiH4].[V]. The van der Waals surface area contributed by atoms with Crippen LogP contribution < -0.4 is 0 Å². The Morgan fingerprint density at radius 2 is 1.00 bits per heavy atom. The summed E-state index contributed by atoms with van der Waals surface area (Å²) in [7, 11) is 0. The van der Waals surface area contributed by atoms with Gasteiger partial charge in [-0.2, -0.15) is 0 Å². The maximum atomic E-state index is 0. The Morgan fingerprint density at radius 1 is 1.00 bits per heavy atom. The van der Waals surface area contributed by atoms with Crippen LogP contribution in [0.4, 0.5) is 0 Å². The molecule has 0 aromatic heterocycles. The molecule has 1 radical (unpaired) electrons. The van der Waals surface area contributed by atoms with Crippen LogP contribution in [0.15, 0.2) is 0 Å². The van der Waals surface area contributed by atoms with Gasteiger partial charge in [-0.05, 0) is 11.0 Å². The molecule has 0 rings (SSSR count). The van der Waals surface area contributed by atoms with E-state index >= 15 is 0 Å². The van der Waals surface area contributed by atoms with Crippen molar-refractivity contribution in [2.75, 3.05) is 0 Å². The van der Waals surface area contributed by atoms with Crippen molar-refractivity contribution >= 4 is 11.0 Å². The van der Waals surface area contributed by atoms with Crippen molar-refractivity contribution < 1.29 is 74.1 Å². The maximum Gasteiger partial charge on any atom is 0 e. The molecule has 0 aromatic rings. The minimum absolute atomic E-state index is 0. The van der Waals surface area contributed by atoms with Gasteiger partial charge in [0.2, 0.25) is 0 Å². The molecule has 0 aliphatic rings. The smallest absolute Gasteiger partial charge is 0 e. The molecule has 0 atom stereocenters. The first-order valence-corrected chi connectivity index (χ1v) is 0. The Labute approximate surface area is 84.0 Å². The van der Waals surface area contributed by atoms with Crippen LogP contribution in [0.3, 0.4) is 0 Å². The molecule has 0 fully saturated rings. The van der Waals surface area contributed by atoms with E-state index in [9.17, 15) is 0 Å². The van der Waals surface area contributed by atoms with Crippen molar-refractivity contribution in [2.45, 2.75) is 0 Å². The predicted molar refractivity (Wildman–Crippen MR) is 11.3 cm³/mol. The zero-order valence-electron chi connectivity index (χ0n) is 1.62. The van der Waals surface area contributed by atoms with Crippen molar-refractivity contribution in [3.63, 3.8) is 0 Å². The monoisotopic (exact) mass is 289 g/mol. The molecule has 0 N–H and O–H groups in total. The van der Waals surface area contributed by atoms with E-state index < -0.39 is 0 Å². The van der Waals surface area contributed by atoms with E-state index in [0.717, 1.165) is 0 Å². The van der Waals surface area contributed by atoms with Crippen LogP contribution in [-0.4, -0.2) is 11.0 Å². The maximum absolute atomic E-state index is 0. The fourth-order valence-corrected chi connectivity index (χ4v) is 0. The summed E-state index contributed by atoms with van der Waals surface area (Å²) < 4.78 is 0. The number of hydrogen-bond donors (Lipinski definition) is 0. The summed E-state index contributed by atoms with van der Waals surface area (Å²) in [4.78, 5) is 0. The molecule has 0 aromatic carbocycles. The molecular weight excluding hydrogens is 283 g/mol. The van der Waals surface area contributed by atoms with Crippen molar-refractivity contribution in [3.8, 4) is 0 Å². The van der Waals surface area contributed by atoms with E-state index in [1.807, 2.05) is 0 Å². The molecule has 0 nitrogen and oxygen atoms in total. The Morgan fingerprint density at radius 3 is 1.00 bits per heavy atom. The van der Waals surface area contributed by atoms with Gasteiger partial charge < -0.3 is 0 Å². The van der Waals surface area contributed by atoms with Crippen LogP contribution in [0, 0.1) is 0 Å². The van der Waals surface area contributed by atoms with Gasteiger partial charge in [0.15, 0.2) is 0 Å². The third kappa shape index (κ3) is 20.9. The molecule has 5 heavy (non-hydrogen) atoms. The summed E-state index contributed by atoms with van der Waals surface area (Å²) in [5.74, 6) is 0. The zero-order chi connectivity index (χ0) is 0. The Hall–Kier alpha value is 2.54. The van der Waals surface area contributed by atoms with Gasteiger partial charge in [0, 0.05) is 74.1 Å². The van der Waals surface area contributed by atoms with Crippen LogP contribution in [-0.2, 0) is 74.1 Å². The first-order valence-electron chi connectivity index (χ1n) is 0. The quantitative estimate of drug-likeness (QED) is 0.478. The van der Waals surface area contributed by atoms with Gasteiger partial charge in [-0.15, -0.1) is 0 Å². The van der Waals surface area contributed by atoms with Crippen LogP contribution in [0.5, 0.6) is 0 Å². The summed E-state index contributed by atoms with van der Waals surface area (Å²) in [6.45, 7) is 0. The standard InChI is InChI=1S/Cr.Fe.Mo.H4Si.V/h;;;1H4;. The Kier molecular flexibility index (Phi) is 311. The van der Waals surface area contributed by atoms with Gasteiger partial charge in [0.1, 0.15) is 0 Å². The van der Waals surface area contributed by atoms with E-state index in [-0.39, 0.29) is 85.0 Å². The van der Waals surface area contributed by atoms with Crippen molar-refractivity contribution in [2.24, 2.45) is 0 Å². The first kappa shape index (κ1) is 50.0. The molecular formula is H4CrFeMoSiV. The summed E-state index contributed by atoms with van der Waals surface area (Å²) in [6.07, 6.45) is 0. The summed E-state index contributed by atoms with van der Waals surface area (Å²) in [6, 6.07) is 0. The van der Waals surface area contributed by atoms with Crippen LogP contribution in [0.1, 0.15) is 0 Å². The summed E-state index contributed by atoms with van der Waals surface area (Å²) >= 11 is 0. The largest absolute Gasteiger partial charge is 0.0149 e. The van der Waals surface area contributed by atoms with Crippen molar-refractivity contribution in [1.29, 1.82) is 0 Å². The summed E-state index contributed by atoms with van der Waals surface area (Å²) in [5.41, 5.74) is 0. The molecule has 0 unspecified atom stereocenters. The van der Waals surface area contributed by atoms with Gasteiger partial charge >= 0.3 is 0 Å². The van der Waals surface area contributed by atoms with Crippen molar-refractivity contribution in [1.82, 2.24) is 0 Å². The molecule has 0 saturated heterocycles. The minimum atomic E-state index is 0. The van der Waals surface area contributed by atoms with Gasteiger partial charge in [-0.3, -0.25) is 0 Å². The molecule has 0 spiro atoms. The fraction of sp³-hybridized carbons (Fsp3) is 0. The Balaban J connectivity index is 0. The van der Waals surface area contributed by atoms with Gasteiger partial charge in [-0.25, -0.2) is 0 Å². The molecule has 0 aliphatic carbocycles. The first-order chi connectivity index (χ1) is 0. The molecule has 0 amide bonds. The molecule has 0 heterocycles. The summed E-state index contributed by atoms with van der Waals surface area (Å²) in [5, 5.41) is 0. The van der Waals surface area contributed by atoms with Crippen molar-refractivity contribution in [3.05, 3.63) is 0 Å². The number of hydrogen-bond acceptors (Lipinski definition) is 0. The second-order valence-electron chi connectivity index (χ2n) is 0. The molecule has 0 saturated carbocycles. The van der Waals surface area contributed by atoms with E-state index in [2.05, 4.69) is 0 Å². The van der Waals surface area contributed by atoms with Gasteiger partial charge in [-0.1, -0.05) is 0 Å². The van der Waals surface area contributed by atoms with E-state index in [4.69, 9.17) is 0 Å². The third-order valence-corrected chi connectivity index (χ3v) is 0. The second-order valence-corrected chi connectivity index (χ2v) is 0. The fourth-order valence-electron chi connectivity index (χ4n) is 0. The zero-order valence-corrected chi connectivity index (χ0v) is 7.40. The topological polar surface area (TPSA) is 0 Å². The molecule has 5 heteroatoms. The van der Waals surface area contributed by atoms with E-state index in [0.29, 0.717) is 0 Å².